The van der Waals surface area contributed by atoms with E-state index in [0.717, 1.165) is 5.56 Å². The van der Waals surface area contributed by atoms with E-state index in [0.29, 0.717) is 18.1 Å². The lowest BCUT2D eigenvalue weighted by Gasteiger charge is -2.06. The molecule has 0 atom stereocenters. The van der Waals surface area contributed by atoms with Crippen molar-refractivity contribution in [3.05, 3.63) is 40.7 Å². The topological polar surface area (TPSA) is 80.3 Å². The van der Waals surface area contributed by atoms with Crippen LogP contribution in [0.3, 0.4) is 0 Å². The highest BCUT2D eigenvalue weighted by Crippen LogP contribution is 2.10. The molecule has 20 heavy (non-hydrogen) atoms. The monoisotopic (exact) mass is 291 g/mol. The zero-order valence-electron chi connectivity index (χ0n) is 10.8. The van der Waals surface area contributed by atoms with Crippen LogP contribution >= 0.6 is 11.3 Å². The van der Waals surface area contributed by atoms with Gasteiger partial charge in [-0.05, 0) is 28.5 Å². The summed E-state index contributed by atoms with van der Waals surface area (Å²) in [5.74, 6) is -0.982. The van der Waals surface area contributed by atoms with E-state index in [1.165, 1.54) is 24.6 Å². The molecule has 0 saturated heterocycles. The lowest BCUT2D eigenvalue weighted by molar-refractivity contribution is -0.136. The van der Waals surface area contributed by atoms with E-state index in [1.54, 1.807) is 12.1 Å². The molecule has 0 fully saturated rings. The molecule has 0 aliphatic rings. The lowest BCUT2D eigenvalue weighted by Crippen LogP contribution is -2.34. The third-order valence-corrected chi connectivity index (χ3v) is 3.17. The Hall–Kier alpha value is -2.41. The Morgan fingerprint density at radius 2 is 2.15 bits per heavy atom. The van der Waals surface area contributed by atoms with Gasteiger partial charge in [0, 0.05) is 12.6 Å². The Bertz CT molecular complexity index is 581. The molecule has 7 heteroatoms. The van der Waals surface area contributed by atoms with Crippen LogP contribution in [0, 0.1) is 0 Å². The first-order chi connectivity index (χ1) is 9.69. The number of nitrogens with one attached hydrogen (secondary N) is 2. The first-order valence-electron chi connectivity index (χ1n) is 5.79. The molecule has 0 unspecified atom stereocenters. The first-order valence-corrected chi connectivity index (χ1v) is 6.73. The second-order valence-electron chi connectivity index (χ2n) is 3.86. The Morgan fingerprint density at radius 1 is 1.30 bits per heavy atom. The number of nitrogens with zero attached hydrogens (tertiary/aromatic N) is 1. The van der Waals surface area contributed by atoms with Gasteiger partial charge in [-0.25, -0.2) is 4.98 Å². The second-order valence-corrected chi connectivity index (χ2v) is 4.64. The molecule has 0 saturated carbocycles. The SMILES string of the molecule is COc1ccc(NC(=O)C(=O)NCc2ccsc2)cn1. The number of aromatic nitrogens is 1. The highest BCUT2D eigenvalue weighted by atomic mass is 32.1. The predicted octanol–water partition coefficient (Wildman–Crippen LogP) is 1.41. The number of thiophene rings is 1. The first kappa shape index (κ1) is 14.0. The summed E-state index contributed by atoms with van der Waals surface area (Å²) in [7, 11) is 1.50. The van der Waals surface area contributed by atoms with Crippen LogP contribution in [0.4, 0.5) is 5.69 Å². The summed E-state index contributed by atoms with van der Waals surface area (Å²) in [6, 6.07) is 5.09. The van der Waals surface area contributed by atoms with Crippen LogP contribution in [0.2, 0.25) is 0 Å². The molecule has 2 amide bonds. The molecular weight excluding hydrogens is 278 g/mol. The number of amides is 2. The highest BCUT2D eigenvalue weighted by molar-refractivity contribution is 7.07. The van der Waals surface area contributed by atoms with Gasteiger partial charge in [-0.1, -0.05) is 0 Å². The Balaban J connectivity index is 1.85. The summed E-state index contributed by atoms with van der Waals surface area (Å²) in [6.45, 7) is 0.330. The summed E-state index contributed by atoms with van der Waals surface area (Å²) >= 11 is 1.53. The van der Waals surface area contributed by atoms with Crippen LogP contribution in [-0.2, 0) is 16.1 Å². The summed E-state index contributed by atoms with van der Waals surface area (Å²) in [5.41, 5.74) is 1.39. The van der Waals surface area contributed by atoms with E-state index in [1.807, 2.05) is 16.8 Å². The lowest BCUT2D eigenvalue weighted by atomic mass is 10.3. The van der Waals surface area contributed by atoms with Gasteiger partial charge >= 0.3 is 11.8 Å². The van der Waals surface area contributed by atoms with Crippen molar-refractivity contribution in [3.63, 3.8) is 0 Å². The van der Waals surface area contributed by atoms with E-state index in [2.05, 4.69) is 15.6 Å². The Kier molecular flexibility index (Phi) is 4.67. The van der Waals surface area contributed by atoms with E-state index >= 15 is 0 Å². The largest absolute Gasteiger partial charge is 0.481 e. The maximum Gasteiger partial charge on any atom is 0.313 e. The van der Waals surface area contributed by atoms with Crippen molar-refractivity contribution in [1.82, 2.24) is 10.3 Å². The molecule has 0 bridgehead atoms. The summed E-state index contributed by atoms with van der Waals surface area (Å²) in [5, 5.41) is 8.81. The number of hydrogen-bond donors (Lipinski definition) is 2. The number of carbonyl (C=O) groups excluding carboxylic acids is 2. The quantitative estimate of drug-likeness (QED) is 0.835. The van der Waals surface area contributed by atoms with Gasteiger partial charge in [-0.15, -0.1) is 0 Å². The standard InChI is InChI=1S/C13H13N3O3S/c1-19-11-3-2-10(7-14-11)16-13(18)12(17)15-6-9-4-5-20-8-9/h2-5,7-8H,6H2,1H3,(H,15,17)(H,16,18). The van der Waals surface area contributed by atoms with Crippen molar-refractivity contribution in [2.75, 3.05) is 12.4 Å². The van der Waals surface area contributed by atoms with E-state index in [4.69, 9.17) is 4.74 Å². The van der Waals surface area contributed by atoms with Crippen LogP contribution in [0.1, 0.15) is 5.56 Å². The highest BCUT2D eigenvalue weighted by Gasteiger charge is 2.13. The average molecular weight is 291 g/mol. The van der Waals surface area contributed by atoms with Crippen molar-refractivity contribution >= 4 is 28.8 Å². The maximum absolute atomic E-state index is 11.6. The van der Waals surface area contributed by atoms with Crippen molar-refractivity contribution in [3.8, 4) is 5.88 Å². The van der Waals surface area contributed by atoms with Gasteiger partial charge < -0.3 is 15.4 Å². The van der Waals surface area contributed by atoms with Gasteiger partial charge in [0.1, 0.15) is 0 Å². The minimum Gasteiger partial charge on any atom is -0.481 e. The van der Waals surface area contributed by atoms with Crippen LogP contribution in [0.25, 0.3) is 0 Å². The zero-order chi connectivity index (χ0) is 14.4. The zero-order valence-corrected chi connectivity index (χ0v) is 11.6. The van der Waals surface area contributed by atoms with Gasteiger partial charge in [0.2, 0.25) is 5.88 Å². The van der Waals surface area contributed by atoms with Gasteiger partial charge in [0.15, 0.2) is 0 Å². The Morgan fingerprint density at radius 3 is 2.75 bits per heavy atom. The maximum atomic E-state index is 11.6. The van der Waals surface area contributed by atoms with Crippen LogP contribution in [0.5, 0.6) is 5.88 Å². The molecule has 104 valence electrons. The molecule has 2 aromatic rings. The van der Waals surface area contributed by atoms with Crippen molar-refractivity contribution in [2.45, 2.75) is 6.54 Å². The minimum atomic E-state index is -0.729. The number of anilines is 1. The third-order valence-electron chi connectivity index (χ3n) is 2.44. The summed E-state index contributed by atoms with van der Waals surface area (Å²) in [6.07, 6.45) is 1.42. The number of pyridine rings is 1. The van der Waals surface area contributed by atoms with Crippen molar-refractivity contribution in [2.24, 2.45) is 0 Å². The number of rotatable bonds is 4. The molecule has 2 rings (SSSR count). The van der Waals surface area contributed by atoms with E-state index < -0.39 is 11.8 Å². The van der Waals surface area contributed by atoms with E-state index in [9.17, 15) is 9.59 Å². The molecule has 0 aliphatic carbocycles. The normalized spacial score (nSPS) is 9.85. The minimum absolute atomic E-state index is 0.330. The molecule has 6 nitrogen and oxygen atoms in total. The number of carbonyl (C=O) groups is 2. The summed E-state index contributed by atoms with van der Waals surface area (Å²) in [4.78, 5) is 27.2. The fraction of sp³-hybridized carbons (Fsp3) is 0.154. The molecule has 2 heterocycles. The molecular formula is C13H13N3O3S. The van der Waals surface area contributed by atoms with Gasteiger partial charge in [0.25, 0.3) is 0 Å². The molecule has 2 N–H and O–H groups in total. The molecule has 0 aliphatic heterocycles. The Labute approximate surface area is 119 Å². The van der Waals surface area contributed by atoms with Crippen molar-refractivity contribution in [1.29, 1.82) is 0 Å². The second kappa shape index (κ2) is 6.67. The van der Waals surface area contributed by atoms with Crippen LogP contribution in [-0.4, -0.2) is 23.9 Å². The molecule has 0 aromatic carbocycles. The fourth-order valence-corrected chi connectivity index (χ4v) is 2.09. The number of ether oxygens (including phenoxy) is 1. The van der Waals surface area contributed by atoms with Gasteiger partial charge in [-0.3, -0.25) is 9.59 Å². The van der Waals surface area contributed by atoms with Gasteiger partial charge in [0.05, 0.1) is 19.0 Å². The van der Waals surface area contributed by atoms with E-state index in [-0.39, 0.29) is 0 Å². The predicted molar refractivity (Wildman–Crippen MR) is 75.6 cm³/mol. The smallest absolute Gasteiger partial charge is 0.313 e. The summed E-state index contributed by atoms with van der Waals surface area (Å²) < 4.78 is 4.90. The van der Waals surface area contributed by atoms with Crippen molar-refractivity contribution < 1.29 is 14.3 Å². The number of methoxy groups -OCH3 is 1. The molecule has 0 radical (unpaired) electrons. The van der Waals surface area contributed by atoms with Gasteiger partial charge in [-0.2, -0.15) is 11.3 Å². The average Bonchev–Trinajstić information content (AvgIpc) is 2.98. The van der Waals surface area contributed by atoms with Crippen LogP contribution < -0.4 is 15.4 Å². The van der Waals surface area contributed by atoms with Crippen LogP contribution in [0.15, 0.2) is 35.2 Å². The molecule has 2 aromatic heterocycles. The third kappa shape index (κ3) is 3.79. The fourth-order valence-electron chi connectivity index (χ4n) is 1.42. The molecule has 0 spiro atoms. The number of hydrogen-bond acceptors (Lipinski definition) is 5.